The molecule has 0 aliphatic rings. The minimum Gasteiger partial charge on any atom is -0.281 e. The first kappa shape index (κ1) is 13.6. The van der Waals surface area contributed by atoms with Crippen LogP contribution in [0, 0.1) is 0 Å². The van der Waals surface area contributed by atoms with Crippen LogP contribution in [0.5, 0.6) is 0 Å². The molecule has 0 aliphatic heterocycles. The third kappa shape index (κ3) is 2.57. The van der Waals surface area contributed by atoms with Crippen LogP contribution in [-0.4, -0.2) is 24.1 Å². The lowest BCUT2D eigenvalue weighted by atomic mass is 10.1. The van der Waals surface area contributed by atoms with E-state index in [4.69, 9.17) is 4.55 Å². The Labute approximate surface area is 78.9 Å². The van der Waals surface area contributed by atoms with Crippen molar-refractivity contribution in [3.8, 4) is 0 Å². The van der Waals surface area contributed by atoms with Crippen LogP contribution in [0.4, 0.5) is 17.6 Å². The van der Waals surface area contributed by atoms with Gasteiger partial charge in [-0.25, -0.2) is 0 Å². The van der Waals surface area contributed by atoms with Gasteiger partial charge in [-0.15, -0.1) is 0 Å². The number of alkyl halides is 4. The van der Waals surface area contributed by atoms with Crippen molar-refractivity contribution in [3.05, 3.63) is 0 Å². The second-order valence-corrected chi connectivity index (χ2v) is 4.26. The third-order valence-corrected chi connectivity index (χ3v) is 2.54. The van der Waals surface area contributed by atoms with Gasteiger partial charge < -0.3 is 0 Å². The highest BCUT2D eigenvalue weighted by atomic mass is 32.2. The predicted octanol–water partition coefficient (Wildman–Crippen LogP) is 2.29. The number of hydrogen-bond donors (Lipinski definition) is 1. The quantitative estimate of drug-likeness (QED) is 0.590. The van der Waals surface area contributed by atoms with Gasteiger partial charge in [0.25, 0.3) is 0 Å². The van der Waals surface area contributed by atoms with Gasteiger partial charge in [0.15, 0.2) is 0 Å². The molecule has 0 aromatic carbocycles. The van der Waals surface area contributed by atoms with Gasteiger partial charge in [0.05, 0.1) is 0 Å². The van der Waals surface area contributed by atoms with E-state index in [1.54, 1.807) is 0 Å². The van der Waals surface area contributed by atoms with Crippen LogP contribution in [-0.2, 0) is 10.1 Å². The molecule has 0 heterocycles. The highest BCUT2D eigenvalue weighted by molar-refractivity contribution is 7.87. The average molecular weight is 238 g/mol. The summed E-state index contributed by atoms with van der Waals surface area (Å²) in [4.78, 5) is 0. The van der Waals surface area contributed by atoms with E-state index in [0.717, 1.165) is 0 Å². The summed E-state index contributed by atoms with van der Waals surface area (Å²) in [5.74, 6) is -4.74. The standard InChI is InChI=1S/C6H10F4O3S/c1-2-3-4-5(7,8)6(9,10)14(11,12)13/h2-4H2,1H3,(H,11,12,13). The van der Waals surface area contributed by atoms with E-state index in [1.807, 2.05) is 0 Å². The van der Waals surface area contributed by atoms with Crippen LogP contribution in [0.3, 0.4) is 0 Å². The van der Waals surface area contributed by atoms with Crippen molar-refractivity contribution >= 4 is 10.1 Å². The Balaban J connectivity index is 4.88. The Bertz CT molecular complexity index is 285. The van der Waals surface area contributed by atoms with E-state index < -0.39 is 27.7 Å². The van der Waals surface area contributed by atoms with Crippen LogP contribution in [0.1, 0.15) is 26.2 Å². The molecule has 8 heteroatoms. The first-order valence-electron chi connectivity index (χ1n) is 3.79. The Morgan fingerprint density at radius 3 is 1.93 bits per heavy atom. The maximum Gasteiger partial charge on any atom is 0.431 e. The van der Waals surface area contributed by atoms with Gasteiger partial charge in [-0.2, -0.15) is 26.0 Å². The van der Waals surface area contributed by atoms with E-state index >= 15 is 0 Å². The van der Waals surface area contributed by atoms with Gasteiger partial charge >= 0.3 is 21.3 Å². The molecule has 1 N–H and O–H groups in total. The number of hydrogen-bond acceptors (Lipinski definition) is 2. The molecule has 86 valence electrons. The van der Waals surface area contributed by atoms with E-state index in [-0.39, 0.29) is 12.8 Å². The summed E-state index contributed by atoms with van der Waals surface area (Å²) in [5.41, 5.74) is 0. The van der Waals surface area contributed by atoms with E-state index in [0.29, 0.717) is 0 Å². The zero-order chi connectivity index (χ0) is 11.6. The molecule has 0 bridgehead atoms. The smallest absolute Gasteiger partial charge is 0.281 e. The van der Waals surface area contributed by atoms with Crippen molar-refractivity contribution in [1.82, 2.24) is 0 Å². The lowest BCUT2D eigenvalue weighted by Crippen LogP contribution is -2.46. The van der Waals surface area contributed by atoms with E-state index in [1.165, 1.54) is 6.92 Å². The molecule has 0 radical (unpaired) electrons. The van der Waals surface area contributed by atoms with Crippen molar-refractivity contribution in [2.75, 3.05) is 0 Å². The van der Waals surface area contributed by atoms with Gasteiger partial charge in [-0.1, -0.05) is 13.3 Å². The summed E-state index contributed by atoms with van der Waals surface area (Å²) in [6.07, 6.45) is -1.31. The maximum atomic E-state index is 12.6. The van der Waals surface area contributed by atoms with E-state index in [2.05, 4.69) is 0 Å². The summed E-state index contributed by atoms with van der Waals surface area (Å²) >= 11 is 0. The summed E-state index contributed by atoms with van der Waals surface area (Å²) in [5, 5.41) is -5.42. The van der Waals surface area contributed by atoms with Crippen molar-refractivity contribution in [2.45, 2.75) is 37.4 Å². The SMILES string of the molecule is CCCCC(F)(F)C(F)(F)S(=O)(=O)O. The fraction of sp³-hybridized carbons (Fsp3) is 1.00. The van der Waals surface area contributed by atoms with Crippen LogP contribution >= 0.6 is 0 Å². The molecule has 0 fully saturated rings. The van der Waals surface area contributed by atoms with Gasteiger partial charge in [-0.05, 0) is 6.42 Å². The molecular weight excluding hydrogens is 228 g/mol. The predicted molar refractivity (Wildman–Crippen MR) is 41.0 cm³/mol. The molecular formula is C6H10F4O3S. The third-order valence-electron chi connectivity index (χ3n) is 1.59. The van der Waals surface area contributed by atoms with Gasteiger partial charge in [0.2, 0.25) is 0 Å². The van der Waals surface area contributed by atoms with Gasteiger partial charge in [0, 0.05) is 6.42 Å². The molecule has 0 aromatic rings. The summed E-state index contributed by atoms with van der Waals surface area (Å²) < 4.78 is 78.0. The highest BCUT2D eigenvalue weighted by Gasteiger charge is 2.64. The Hall–Kier alpha value is -0.370. The van der Waals surface area contributed by atoms with Crippen molar-refractivity contribution in [2.24, 2.45) is 0 Å². The average Bonchev–Trinajstić information content (AvgIpc) is 1.98. The summed E-state index contributed by atoms with van der Waals surface area (Å²) in [6, 6.07) is 0. The van der Waals surface area contributed by atoms with Crippen LogP contribution in [0.25, 0.3) is 0 Å². The first-order valence-corrected chi connectivity index (χ1v) is 5.23. The molecule has 0 saturated heterocycles. The monoisotopic (exact) mass is 238 g/mol. The molecule has 14 heavy (non-hydrogen) atoms. The first-order chi connectivity index (χ1) is 6.06. The van der Waals surface area contributed by atoms with Crippen LogP contribution in [0.2, 0.25) is 0 Å². The number of halogens is 4. The van der Waals surface area contributed by atoms with Crippen LogP contribution in [0.15, 0.2) is 0 Å². The fourth-order valence-electron chi connectivity index (χ4n) is 0.733. The minimum atomic E-state index is -6.07. The Kier molecular flexibility index (Phi) is 3.91. The second-order valence-electron chi connectivity index (χ2n) is 2.80. The largest absolute Gasteiger partial charge is 0.431 e. The van der Waals surface area contributed by atoms with Gasteiger partial charge in [-0.3, -0.25) is 4.55 Å². The summed E-state index contributed by atoms with van der Waals surface area (Å²) in [6.45, 7) is 1.49. The van der Waals surface area contributed by atoms with E-state index in [9.17, 15) is 26.0 Å². The molecule has 0 rings (SSSR count). The highest BCUT2D eigenvalue weighted by Crippen LogP contribution is 2.41. The zero-order valence-electron chi connectivity index (χ0n) is 7.31. The molecule has 0 saturated carbocycles. The van der Waals surface area contributed by atoms with Gasteiger partial charge in [0.1, 0.15) is 0 Å². The molecule has 0 aromatic heterocycles. The second kappa shape index (κ2) is 4.01. The van der Waals surface area contributed by atoms with Crippen molar-refractivity contribution in [1.29, 1.82) is 0 Å². The molecule has 0 spiro atoms. The summed E-state index contributed by atoms with van der Waals surface area (Å²) in [7, 11) is -6.07. The van der Waals surface area contributed by atoms with Crippen molar-refractivity contribution < 1.29 is 30.5 Å². The minimum absolute atomic E-state index is 0.219. The Morgan fingerprint density at radius 1 is 1.21 bits per heavy atom. The lowest BCUT2D eigenvalue weighted by Gasteiger charge is -2.23. The normalized spacial score (nSPS) is 14.4. The zero-order valence-corrected chi connectivity index (χ0v) is 8.12. The Morgan fingerprint density at radius 2 is 1.64 bits per heavy atom. The molecule has 0 amide bonds. The maximum absolute atomic E-state index is 12.6. The van der Waals surface area contributed by atoms with Crippen LogP contribution < -0.4 is 0 Å². The number of unbranched alkanes of at least 4 members (excludes halogenated alkanes) is 1. The molecule has 0 unspecified atom stereocenters. The van der Waals surface area contributed by atoms with Crippen molar-refractivity contribution in [3.63, 3.8) is 0 Å². The molecule has 0 atom stereocenters. The number of rotatable bonds is 5. The lowest BCUT2D eigenvalue weighted by molar-refractivity contribution is -0.164. The topological polar surface area (TPSA) is 54.4 Å². The molecule has 3 nitrogen and oxygen atoms in total. The fourth-order valence-corrected chi connectivity index (χ4v) is 1.21. The molecule has 0 aliphatic carbocycles.